The van der Waals surface area contributed by atoms with E-state index < -0.39 is 30.8 Å². The van der Waals surface area contributed by atoms with Crippen molar-refractivity contribution in [2.75, 3.05) is 19.0 Å². The van der Waals surface area contributed by atoms with Gasteiger partial charge in [0.1, 0.15) is 0 Å². The smallest absolute Gasteiger partial charge is 0.262 e. The van der Waals surface area contributed by atoms with Crippen molar-refractivity contribution in [3.63, 3.8) is 0 Å². The van der Waals surface area contributed by atoms with Crippen LogP contribution in [0.25, 0.3) is 0 Å². The molecule has 1 heterocycles. The largest absolute Gasteiger partial charge is 0.377 e. The topological polar surface area (TPSA) is 50.4 Å². The molecule has 1 aliphatic heterocycles. The van der Waals surface area contributed by atoms with Crippen molar-refractivity contribution in [1.82, 2.24) is 5.32 Å². The first-order valence-electron chi connectivity index (χ1n) is 6.46. The number of hydrogen-bond acceptors (Lipinski definition) is 3. The number of benzene rings is 1. The van der Waals surface area contributed by atoms with Crippen molar-refractivity contribution in [2.45, 2.75) is 31.4 Å². The highest BCUT2D eigenvalue weighted by Gasteiger charge is 2.42. The fourth-order valence-electron chi connectivity index (χ4n) is 2.14. The summed E-state index contributed by atoms with van der Waals surface area (Å²) in [5.74, 6) is -3.25. The molecule has 0 saturated carbocycles. The predicted molar refractivity (Wildman–Crippen MR) is 71.9 cm³/mol. The minimum absolute atomic E-state index is 0.0965. The summed E-state index contributed by atoms with van der Waals surface area (Å²) in [6.45, 7) is 1.44. The van der Waals surface area contributed by atoms with Crippen LogP contribution in [0.1, 0.15) is 25.0 Å². The van der Waals surface area contributed by atoms with E-state index in [4.69, 9.17) is 4.74 Å². The molecule has 1 fully saturated rings. The van der Waals surface area contributed by atoms with Gasteiger partial charge in [0.15, 0.2) is 0 Å². The fourth-order valence-corrected chi connectivity index (χ4v) is 2.14. The average molecular weight is 284 g/mol. The highest BCUT2D eigenvalue weighted by Crippen LogP contribution is 2.26. The Morgan fingerprint density at radius 2 is 2.30 bits per heavy atom. The molecule has 4 nitrogen and oxygen atoms in total. The van der Waals surface area contributed by atoms with Gasteiger partial charge in [-0.3, -0.25) is 10.1 Å². The van der Waals surface area contributed by atoms with Crippen LogP contribution in [0.2, 0.25) is 0 Å². The van der Waals surface area contributed by atoms with Crippen LogP contribution in [-0.4, -0.2) is 31.5 Å². The van der Waals surface area contributed by atoms with E-state index >= 15 is 0 Å². The van der Waals surface area contributed by atoms with Gasteiger partial charge in [0.2, 0.25) is 5.91 Å². The molecule has 2 rings (SSSR count). The van der Waals surface area contributed by atoms with Crippen molar-refractivity contribution < 1.29 is 18.3 Å². The molecular weight excluding hydrogens is 266 g/mol. The van der Waals surface area contributed by atoms with E-state index in [0.29, 0.717) is 5.69 Å². The molecule has 0 radical (unpaired) electrons. The van der Waals surface area contributed by atoms with Crippen LogP contribution in [0, 0.1) is 0 Å². The number of methoxy groups -OCH3 is 1. The summed E-state index contributed by atoms with van der Waals surface area (Å²) < 4.78 is 31.3. The number of amides is 1. The molecular formula is C14H18F2N2O2. The lowest BCUT2D eigenvalue weighted by Gasteiger charge is -2.14. The monoisotopic (exact) mass is 284 g/mol. The van der Waals surface area contributed by atoms with Gasteiger partial charge in [0, 0.05) is 19.2 Å². The molecule has 2 atom stereocenters. The normalized spacial score (nSPS) is 22.5. The Morgan fingerprint density at radius 3 is 2.90 bits per heavy atom. The molecule has 110 valence electrons. The Hall–Kier alpha value is -1.53. The minimum Gasteiger partial charge on any atom is -0.377 e. The Kier molecular flexibility index (Phi) is 4.35. The first-order valence-corrected chi connectivity index (χ1v) is 6.46. The summed E-state index contributed by atoms with van der Waals surface area (Å²) in [5.41, 5.74) is 1.49. The van der Waals surface area contributed by atoms with Gasteiger partial charge in [0.05, 0.1) is 18.7 Å². The third kappa shape index (κ3) is 3.52. The molecule has 1 aromatic carbocycles. The number of anilines is 1. The molecule has 2 unspecified atom stereocenters. The van der Waals surface area contributed by atoms with Gasteiger partial charge in [-0.25, -0.2) is 8.78 Å². The van der Waals surface area contributed by atoms with E-state index in [2.05, 4.69) is 10.6 Å². The molecule has 2 N–H and O–H groups in total. The lowest BCUT2D eigenvalue weighted by molar-refractivity contribution is -0.118. The highest BCUT2D eigenvalue weighted by molar-refractivity contribution is 5.95. The summed E-state index contributed by atoms with van der Waals surface area (Å²) in [5, 5.41) is 5.18. The van der Waals surface area contributed by atoms with Crippen LogP contribution in [0.4, 0.5) is 14.5 Å². The number of carbonyl (C=O) groups excluding carboxylic acids is 1. The third-order valence-electron chi connectivity index (χ3n) is 3.40. The van der Waals surface area contributed by atoms with E-state index in [-0.39, 0.29) is 6.10 Å². The molecule has 1 aliphatic rings. The van der Waals surface area contributed by atoms with Crippen LogP contribution in [0.15, 0.2) is 24.3 Å². The second kappa shape index (κ2) is 5.85. The quantitative estimate of drug-likeness (QED) is 0.892. The maximum atomic E-state index is 13.1. The second-order valence-corrected chi connectivity index (χ2v) is 4.99. The molecule has 0 bridgehead atoms. The Morgan fingerprint density at radius 1 is 1.55 bits per heavy atom. The molecule has 1 saturated heterocycles. The molecule has 0 spiro atoms. The first kappa shape index (κ1) is 14.9. The Balaban J connectivity index is 2.01. The summed E-state index contributed by atoms with van der Waals surface area (Å²) in [6.07, 6.45) is -0.562. The zero-order valence-electron chi connectivity index (χ0n) is 11.5. The number of hydrogen-bond donors (Lipinski definition) is 2. The van der Waals surface area contributed by atoms with Gasteiger partial charge < -0.3 is 10.1 Å². The van der Waals surface area contributed by atoms with Crippen molar-refractivity contribution in [1.29, 1.82) is 0 Å². The Labute approximate surface area is 116 Å². The molecule has 1 aromatic rings. The standard InChI is InChI=1S/C14H18F2N2O2/c1-9(20-2)10-4-3-5-11(6-10)18-13(19)12-7-14(15,16)8-17-12/h3-6,9,12,17H,7-8H2,1-2H3,(H,18,19). The minimum atomic E-state index is -2.81. The summed E-state index contributed by atoms with van der Waals surface area (Å²) in [4.78, 5) is 11.9. The van der Waals surface area contributed by atoms with Crippen LogP contribution >= 0.6 is 0 Å². The highest BCUT2D eigenvalue weighted by atomic mass is 19.3. The lowest BCUT2D eigenvalue weighted by Crippen LogP contribution is -2.35. The maximum Gasteiger partial charge on any atom is 0.262 e. The van der Waals surface area contributed by atoms with Gasteiger partial charge in [0.25, 0.3) is 5.92 Å². The molecule has 20 heavy (non-hydrogen) atoms. The number of nitrogens with one attached hydrogen (secondary N) is 2. The molecule has 6 heteroatoms. The van der Waals surface area contributed by atoms with Crippen molar-refractivity contribution in [3.05, 3.63) is 29.8 Å². The summed E-state index contributed by atoms with van der Waals surface area (Å²) in [6, 6.07) is 6.31. The fraction of sp³-hybridized carbons (Fsp3) is 0.500. The van der Waals surface area contributed by atoms with Crippen molar-refractivity contribution >= 4 is 11.6 Å². The van der Waals surface area contributed by atoms with Crippen molar-refractivity contribution in [2.24, 2.45) is 0 Å². The van der Waals surface area contributed by atoms with Gasteiger partial charge in [-0.05, 0) is 24.6 Å². The Bertz CT molecular complexity index is 494. The molecule has 0 aliphatic carbocycles. The van der Waals surface area contributed by atoms with E-state index in [1.165, 1.54) is 0 Å². The first-order chi connectivity index (χ1) is 9.41. The average Bonchev–Trinajstić information content (AvgIpc) is 2.78. The zero-order chi connectivity index (χ0) is 14.8. The predicted octanol–water partition coefficient (Wildman–Crippen LogP) is 2.33. The van der Waals surface area contributed by atoms with Crippen LogP contribution in [0.3, 0.4) is 0 Å². The van der Waals surface area contributed by atoms with E-state index in [1.54, 1.807) is 25.3 Å². The maximum absolute atomic E-state index is 13.1. The zero-order valence-corrected chi connectivity index (χ0v) is 11.5. The summed E-state index contributed by atoms with van der Waals surface area (Å²) >= 11 is 0. The van der Waals surface area contributed by atoms with Gasteiger partial charge >= 0.3 is 0 Å². The number of ether oxygens (including phenoxy) is 1. The van der Waals surface area contributed by atoms with Gasteiger partial charge in [-0.15, -0.1) is 0 Å². The van der Waals surface area contributed by atoms with Crippen LogP contribution in [0.5, 0.6) is 0 Å². The van der Waals surface area contributed by atoms with E-state index in [1.807, 2.05) is 13.0 Å². The van der Waals surface area contributed by atoms with E-state index in [0.717, 1.165) is 5.56 Å². The summed E-state index contributed by atoms with van der Waals surface area (Å²) in [7, 11) is 1.60. The lowest BCUT2D eigenvalue weighted by atomic mass is 10.1. The molecule has 0 aromatic heterocycles. The number of halogens is 2. The van der Waals surface area contributed by atoms with Gasteiger partial charge in [-0.2, -0.15) is 0 Å². The number of rotatable bonds is 4. The van der Waals surface area contributed by atoms with Crippen molar-refractivity contribution in [3.8, 4) is 0 Å². The van der Waals surface area contributed by atoms with Crippen LogP contribution in [-0.2, 0) is 9.53 Å². The second-order valence-electron chi connectivity index (χ2n) is 4.99. The van der Waals surface area contributed by atoms with E-state index in [9.17, 15) is 13.6 Å². The van der Waals surface area contributed by atoms with Crippen LogP contribution < -0.4 is 10.6 Å². The third-order valence-corrected chi connectivity index (χ3v) is 3.40. The number of alkyl halides is 2. The van der Waals surface area contributed by atoms with Gasteiger partial charge in [-0.1, -0.05) is 12.1 Å². The molecule has 1 amide bonds. The number of carbonyl (C=O) groups is 1. The SMILES string of the molecule is COC(C)c1cccc(NC(=O)C2CC(F)(F)CN2)c1.